The van der Waals surface area contributed by atoms with Crippen LogP contribution in [0, 0.1) is 0 Å². The molecular formula is C20H19N3O4. The third-order valence-corrected chi connectivity index (χ3v) is 4.71. The van der Waals surface area contributed by atoms with Crippen LogP contribution >= 0.6 is 0 Å². The number of fused-ring (bicyclic) bond motifs is 1. The van der Waals surface area contributed by atoms with Crippen molar-refractivity contribution in [3.63, 3.8) is 0 Å². The molecule has 4 rings (SSSR count). The van der Waals surface area contributed by atoms with Gasteiger partial charge in [-0.3, -0.25) is 9.79 Å². The van der Waals surface area contributed by atoms with Crippen LogP contribution in [0.4, 0.5) is 5.69 Å². The Bertz CT molecular complexity index is 1100. The first-order chi connectivity index (χ1) is 13.0. The Morgan fingerprint density at radius 3 is 2.37 bits per heavy atom. The lowest BCUT2D eigenvalue weighted by Gasteiger charge is -2.11. The maximum atomic E-state index is 13.2. The first kappa shape index (κ1) is 17.0. The number of hydrogen-bond donors (Lipinski definition) is 1. The van der Waals surface area contributed by atoms with Crippen molar-refractivity contribution in [3.05, 3.63) is 63.9 Å². The van der Waals surface area contributed by atoms with Crippen molar-refractivity contribution in [1.82, 2.24) is 9.36 Å². The quantitative estimate of drug-likeness (QED) is 0.771. The van der Waals surface area contributed by atoms with Crippen LogP contribution in [0.1, 0.15) is 11.1 Å². The molecule has 2 aromatic carbocycles. The summed E-state index contributed by atoms with van der Waals surface area (Å²) in [4.78, 5) is 17.7. The summed E-state index contributed by atoms with van der Waals surface area (Å²) in [7, 11) is 4.70. The minimum absolute atomic E-state index is 0.131. The van der Waals surface area contributed by atoms with E-state index in [1.54, 1.807) is 39.5 Å². The van der Waals surface area contributed by atoms with Gasteiger partial charge >= 0.3 is 0 Å². The van der Waals surface area contributed by atoms with E-state index in [0.717, 1.165) is 11.3 Å². The number of methoxy groups -OCH3 is 2. The molecule has 0 amide bonds. The molecule has 0 spiro atoms. The molecule has 7 nitrogen and oxygen atoms in total. The molecule has 3 aromatic rings. The lowest BCUT2D eigenvalue weighted by Crippen LogP contribution is -2.23. The predicted octanol–water partition coefficient (Wildman–Crippen LogP) is 2.58. The number of para-hydroxylation sites is 1. The fraction of sp³-hybridized carbons (Fsp3) is 0.200. The van der Waals surface area contributed by atoms with Gasteiger partial charge in [-0.25, -0.2) is 9.36 Å². The molecule has 27 heavy (non-hydrogen) atoms. The number of hydrogen-bond acceptors (Lipinski definition) is 5. The average Bonchev–Trinajstić information content (AvgIpc) is 3.19. The number of ether oxygens (including phenoxy) is 2. The van der Waals surface area contributed by atoms with E-state index in [2.05, 4.69) is 4.99 Å². The summed E-state index contributed by atoms with van der Waals surface area (Å²) in [6, 6.07) is 12.8. The molecule has 0 atom stereocenters. The van der Waals surface area contributed by atoms with Crippen LogP contribution in [0.2, 0.25) is 0 Å². The molecule has 1 aliphatic heterocycles. The fourth-order valence-electron chi connectivity index (χ4n) is 3.33. The number of aromatic nitrogens is 2. The van der Waals surface area contributed by atoms with Gasteiger partial charge in [-0.1, -0.05) is 18.2 Å². The van der Waals surface area contributed by atoms with E-state index in [-0.39, 0.29) is 17.0 Å². The Morgan fingerprint density at radius 1 is 1.07 bits per heavy atom. The normalized spacial score (nSPS) is 12.6. The van der Waals surface area contributed by atoms with E-state index < -0.39 is 0 Å². The zero-order valence-corrected chi connectivity index (χ0v) is 15.3. The summed E-state index contributed by atoms with van der Waals surface area (Å²) in [6.07, 6.45) is 0.504. The van der Waals surface area contributed by atoms with Crippen molar-refractivity contribution in [2.75, 3.05) is 14.2 Å². The second-order valence-electron chi connectivity index (χ2n) is 6.27. The van der Waals surface area contributed by atoms with Crippen molar-refractivity contribution in [3.8, 4) is 23.1 Å². The molecule has 138 valence electrons. The highest BCUT2D eigenvalue weighted by molar-refractivity contribution is 6.07. The molecule has 0 unspecified atom stereocenters. The maximum absolute atomic E-state index is 13.2. The highest BCUT2D eigenvalue weighted by atomic mass is 16.5. The van der Waals surface area contributed by atoms with E-state index in [0.29, 0.717) is 29.3 Å². The van der Waals surface area contributed by atoms with Crippen LogP contribution in [0.3, 0.4) is 0 Å². The topological polar surface area (TPSA) is 78.0 Å². The molecule has 0 fully saturated rings. The summed E-state index contributed by atoms with van der Waals surface area (Å²) in [5, 5.41) is 10.7. The van der Waals surface area contributed by atoms with Gasteiger partial charge in [-0.05, 0) is 11.6 Å². The molecule has 7 heteroatoms. The van der Waals surface area contributed by atoms with Crippen molar-refractivity contribution >= 4 is 11.4 Å². The van der Waals surface area contributed by atoms with Crippen molar-refractivity contribution in [2.24, 2.45) is 12.0 Å². The monoisotopic (exact) mass is 365 g/mol. The van der Waals surface area contributed by atoms with E-state index in [1.165, 1.54) is 9.36 Å². The van der Waals surface area contributed by atoms with Gasteiger partial charge in [0.1, 0.15) is 17.1 Å². The van der Waals surface area contributed by atoms with Crippen molar-refractivity contribution in [1.29, 1.82) is 0 Å². The van der Waals surface area contributed by atoms with E-state index in [9.17, 15) is 9.90 Å². The van der Waals surface area contributed by atoms with Gasteiger partial charge in [0.2, 0.25) is 5.88 Å². The molecule has 1 N–H and O–H groups in total. The highest BCUT2D eigenvalue weighted by Gasteiger charge is 2.26. The first-order valence-electron chi connectivity index (χ1n) is 8.43. The van der Waals surface area contributed by atoms with Crippen LogP contribution in [0.25, 0.3) is 5.69 Å². The van der Waals surface area contributed by atoms with Gasteiger partial charge in [0.05, 0.1) is 31.3 Å². The van der Waals surface area contributed by atoms with Gasteiger partial charge in [-0.15, -0.1) is 0 Å². The van der Waals surface area contributed by atoms with Crippen LogP contribution in [-0.4, -0.2) is 34.4 Å². The summed E-state index contributed by atoms with van der Waals surface area (Å²) < 4.78 is 13.4. The van der Waals surface area contributed by atoms with Crippen molar-refractivity contribution < 1.29 is 14.6 Å². The molecule has 1 aromatic heterocycles. The second-order valence-corrected chi connectivity index (χ2v) is 6.27. The molecule has 0 saturated carbocycles. The molecule has 0 radical (unpaired) electrons. The highest BCUT2D eigenvalue weighted by Crippen LogP contribution is 2.31. The summed E-state index contributed by atoms with van der Waals surface area (Å²) in [5.74, 6) is 0.960. The fourth-order valence-corrected chi connectivity index (χ4v) is 3.33. The molecule has 1 aliphatic rings. The molecule has 0 aliphatic carbocycles. The van der Waals surface area contributed by atoms with Gasteiger partial charge in [0, 0.05) is 31.7 Å². The Balaban J connectivity index is 1.87. The molecule has 0 bridgehead atoms. The lowest BCUT2D eigenvalue weighted by atomic mass is 10.1. The van der Waals surface area contributed by atoms with Gasteiger partial charge in [0.15, 0.2) is 0 Å². The SMILES string of the molecule is COc1cc(OC)cc(-n2c(=O)c(C3=Nc4ccccc4C3)c(O)n2C)c1. The van der Waals surface area contributed by atoms with Gasteiger partial charge in [-0.2, -0.15) is 0 Å². The number of nitrogens with zero attached hydrogens (tertiary/aromatic N) is 3. The molecule has 0 saturated heterocycles. The third-order valence-electron chi connectivity index (χ3n) is 4.71. The van der Waals surface area contributed by atoms with Crippen LogP contribution < -0.4 is 15.0 Å². The zero-order chi connectivity index (χ0) is 19.1. The Hall–Kier alpha value is -3.48. The van der Waals surface area contributed by atoms with Crippen LogP contribution in [0.15, 0.2) is 52.3 Å². The largest absolute Gasteiger partial charge is 0.497 e. The molecule has 2 heterocycles. The summed E-state index contributed by atoms with van der Waals surface area (Å²) in [6.45, 7) is 0. The number of benzene rings is 2. The van der Waals surface area contributed by atoms with Crippen molar-refractivity contribution in [2.45, 2.75) is 6.42 Å². The van der Waals surface area contributed by atoms with E-state index in [4.69, 9.17) is 9.47 Å². The average molecular weight is 365 g/mol. The molecular weight excluding hydrogens is 346 g/mol. The Morgan fingerprint density at radius 2 is 1.74 bits per heavy atom. The van der Waals surface area contributed by atoms with E-state index >= 15 is 0 Å². The van der Waals surface area contributed by atoms with Gasteiger partial charge in [0.25, 0.3) is 5.56 Å². The Labute approximate surface area is 155 Å². The predicted molar refractivity (Wildman–Crippen MR) is 102 cm³/mol. The maximum Gasteiger partial charge on any atom is 0.284 e. The standard InChI is InChI=1S/C20H19N3O4/c1-22-19(24)18(17-8-12-6-4-5-7-16(12)21-17)20(25)23(22)13-9-14(26-2)11-15(10-13)27-3/h4-7,9-11,24H,8H2,1-3H3. The minimum Gasteiger partial charge on any atom is -0.497 e. The number of aromatic hydroxyl groups is 1. The smallest absolute Gasteiger partial charge is 0.284 e. The first-order valence-corrected chi connectivity index (χ1v) is 8.43. The number of aliphatic imine (C=N–C) groups is 1. The van der Waals surface area contributed by atoms with E-state index in [1.807, 2.05) is 24.3 Å². The second kappa shape index (κ2) is 6.35. The lowest BCUT2D eigenvalue weighted by molar-refractivity contribution is 0.390. The van der Waals surface area contributed by atoms with Gasteiger partial charge < -0.3 is 14.6 Å². The van der Waals surface area contributed by atoms with Crippen LogP contribution in [-0.2, 0) is 13.5 Å². The Kier molecular flexibility index (Phi) is 3.99. The third kappa shape index (κ3) is 2.68. The zero-order valence-electron chi connectivity index (χ0n) is 15.3. The summed E-state index contributed by atoms with van der Waals surface area (Å²) in [5.41, 5.74) is 2.79. The number of rotatable bonds is 4. The minimum atomic E-state index is -0.350. The van der Waals surface area contributed by atoms with Crippen LogP contribution in [0.5, 0.6) is 17.4 Å². The summed E-state index contributed by atoms with van der Waals surface area (Å²) >= 11 is 0.